The Bertz CT molecular complexity index is 592. The number of alkyl halides is 3. The highest BCUT2D eigenvalue weighted by Gasteiger charge is 2.33. The Morgan fingerprint density at radius 2 is 1.88 bits per heavy atom. The molecule has 140 valence electrons. The average molecular weight is 360 g/mol. The van der Waals surface area contributed by atoms with Gasteiger partial charge in [0.15, 0.2) is 0 Å². The number of carbonyl (C=O) groups is 1. The van der Waals surface area contributed by atoms with Gasteiger partial charge in [-0.15, -0.1) is 0 Å². The van der Waals surface area contributed by atoms with Crippen LogP contribution in [0.15, 0.2) is 18.2 Å². The minimum Gasteiger partial charge on any atom is -0.477 e. The molecule has 1 fully saturated rings. The van der Waals surface area contributed by atoms with E-state index in [1.807, 2.05) is 20.8 Å². The van der Waals surface area contributed by atoms with Crippen molar-refractivity contribution in [3.63, 3.8) is 0 Å². The van der Waals surface area contributed by atoms with E-state index in [1.54, 1.807) is 4.90 Å². The number of amides is 1. The van der Waals surface area contributed by atoms with Crippen LogP contribution in [0, 0.1) is 5.92 Å². The Morgan fingerprint density at radius 1 is 1.24 bits per heavy atom. The van der Waals surface area contributed by atoms with E-state index in [9.17, 15) is 18.0 Å². The quantitative estimate of drug-likeness (QED) is 0.813. The molecule has 0 aliphatic carbocycles. The van der Waals surface area contributed by atoms with Crippen LogP contribution in [0.4, 0.5) is 18.0 Å². The number of nitrogens with zero attached hydrogens (tertiary/aromatic N) is 2. The number of rotatable bonds is 3. The van der Waals surface area contributed by atoms with Gasteiger partial charge in [0, 0.05) is 19.2 Å². The number of ether oxygens (including phenoxy) is 2. The first kappa shape index (κ1) is 19.3. The van der Waals surface area contributed by atoms with E-state index in [4.69, 9.17) is 9.47 Å². The molecule has 1 amide bonds. The highest BCUT2D eigenvalue weighted by Crippen LogP contribution is 2.29. The number of halogens is 3. The number of aromatic nitrogens is 1. The summed E-state index contributed by atoms with van der Waals surface area (Å²) in [4.78, 5) is 17.1. The fraction of sp³-hybridized carbons (Fsp3) is 0.647. The third-order valence-corrected chi connectivity index (χ3v) is 3.75. The number of hydrogen-bond donors (Lipinski definition) is 0. The molecule has 1 saturated heterocycles. The molecule has 1 aliphatic heterocycles. The van der Waals surface area contributed by atoms with Gasteiger partial charge in [-0.2, -0.15) is 13.2 Å². The van der Waals surface area contributed by atoms with Crippen molar-refractivity contribution in [1.82, 2.24) is 9.88 Å². The molecule has 0 saturated carbocycles. The van der Waals surface area contributed by atoms with Crippen molar-refractivity contribution in [3.8, 4) is 5.88 Å². The lowest BCUT2D eigenvalue weighted by Gasteiger charge is -2.33. The number of hydrogen-bond acceptors (Lipinski definition) is 4. The second-order valence-electron chi connectivity index (χ2n) is 7.08. The molecule has 2 rings (SSSR count). The summed E-state index contributed by atoms with van der Waals surface area (Å²) in [5, 5.41) is 0. The molecule has 1 aromatic rings. The van der Waals surface area contributed by atoms with E-state index in [0.29, 0.717) is 25.9 Å². The van der Waals surface area contributed by atoms with Crippen molar-refractivity contribution in [2.45, 2.75) is 45.4 Å². The van der Waals surface area contributed by atoms with Crippen LogP contribution in [0.5, 0.6) is 5.88 Å². The molecule has 0 bridgehead atoms. The highest BCUT2D eigenvalue weighted by molar-refractivity contribution is 5.68. The summed E-state index contributed by atoms with van der Waals surface area (Å²) in [6.07, 6.45) is -3.42. The first-order valence-electron chi connectivity index (χ1n) is 8.19. The van der Waals surface area contributed by atoms with Crippen molar-refractivity contribution in [2.24, 2.45) is 5.92 Å². The smallest absolute Gasteiger partial charge is 0.433 e. The van der Waals surface area contributed by atoms with Gasteiger partial charge in [0.1, 0.15) is 11.3 Å². The van der Waals surface area contributed by atoms with Gasteiger partial charge in [-0.05, 0) is 45.6 Å². The molecule has 0 unspecified atom stereocenters. The summed E-state index contributed by atoms with van der Waals surface area (Å²) in [5.74, 6) is 0.124. The van der Waals surface area contributed by atoms with Gasteiger partial charge in [0.05, 0.1) is 6.61 Å². The highest BCUT2D eigenvalue weighted by atomic mass is 19.4. The zero-order chi connectivity index (χ0) is 18.7. The second kappa shape index (κ2) is 7.49. The van der Waals surface area contributed by atoms with Gasteiger partial charge in [0.25, 0.3) is 0 Å². The minimum atomic E-state index is -4.49. The largest absolute Gasteiger partial charge is 0.477 e. The molecule has 0 N–H and O–H groups in total. The van der Waals surface area contributed by atoms with Crippen LogP contribution >= 0.6 is 0 Å². The van der Waals surface area contributed by atoms with Gasteiger partial charge in [0.2, 0.25) is 5.88 Å². The van der Waals surface area contributed by atoms with Gasteiger partial charge < -0.3 is 14.4 Å². The summed E-state index contributed by atoms with van der Waals surface area (Å²) in [5.41, 5.74) is -1.50. The zero-order valence-electron chi connectivity index (χ0n) is 14.6. The summed E-state index contributed by atoms with van der Waals surface area (Å²) in [6, 6.07) is 3.59. The molecule has 0 radical (unpaired) electrons. The Balaban J connectivity index is 1.80. The molecule has 5 nitrogen and oxygen atoms in total. The van der Waals surface area contributed by atoms with Crippen LogP contribution < -0.4 is 4.74 Å². The predicted octanol–water partition coefficient (Wildman–Crippen LogP) is 4.13. The predicted molar refractivity (Wildman–Crippen MR) is 85.3 cm³/mol. The molecule has 1 aromatic heterocycles. The zero-order valence-corrected chi connectivity index (χ0v) is 14.6. The lowest BCUT2D eigenvalue weighted by atomic mass is 9.98. The van der Waals surface area contributed by atoms with Crippen LogP contribution in [0.2, 0.25) is 0 Å². The average Bonchev–Trinajstić information content (AvgIpc) is 2.51. The third kappa shape index (κ3) is 6.10. The van der Waals surface area contributed by atoms with Crippen molar-refractivity contribution >= 4 is 6.09 Å². The van der Waals surface area contributed by atoms with Crippen LogP contribution in [-0.2, 0) is 10.9 Å². The maximum atomic E-state index is 12.6. The van der Waals surface area contributed by atoms with E-state index in [2.05, 4.69) is 4.98 Å². The van der Waals surface area contributed by atoms with E-state index in [1.165, 1.54) is 12.1 Å². The topological polar surface area (TPSA) is 51.7 Å². The molecule has 25 heavy (non-hydrogen) atoms. The normalized spacial score (nSPS) is 16.6. The Labute approximate surface area is 145 Å². The van der Waals surface area contributed by atoms with E-state index in [-0.39, 0.29) is 24.5 Å². The van der Waals surface area contributed by atoms with Crippen LogP contribution in [0.25, 0.3) is 0 Å². The van der Waals surface area contributed by atoms with Crippen molar-refractivity contribution in [2.75, 3.05) is 19.7 Å². The standard InChI is InChI=1S/C17H23F3N2O3/c1-16(2,3)25-15(23)22-9-7-12(8-10-22)11-24-14-6-4-5-13(21-14)17(18,19)20/h4-6,12H,7-11H2,1-3H3. The van der Waals surface area contributed by atoms with E-state index in [0.717, 1.165) is 6.07 Å². The number of pyridine rings is 1. The number of likely N-dealkylation sites (tertiary alicyclic amines) is 1. The first-order valence-corrected chi connectivity index (χ1v) is 8.19. The van der Waals surface area contributed by atoms with Crippen LogP contribution in [-0.4, -0.2) is 41.3 Å². The van der Waals surface area contributed by atoms with Gasteiger partial charge in [-0.3, -0.25) is 0 Å². The molecular formula is C17H23F3N2O3. The van der Waals surface area contributed by atoms with Gasteiger partial charge >= 0.3 is 12.3 Å². The Hall–Kier alpha value is -1.99. The fourth-order valence-electron chi connectivity index (χ4n) is 2.47. The van der Waals surface area contributed by atoms with Gasteiger partial charge in [-0.1, -0.05) is 6.07 Å². The maximum absolute atomic E-state index is 12.6. The minimum absolute atomic E-state index is 0.0376. The lowest BCUT2D eigenvalue weighted by Crippen LogP contribution is -2.42. The number of carbonyl (C=O) groups excluding carboxylic acids is 1. The molecule has 8 heteroatoms. The summed E-state index contributed by atoms with van der Waals surface area (Å²) in [6.45, 7) is 6.79. The molecular weight excluding hydrogens is 337 g/mol. The second-order valence-corrected chi connectivity index (χ2v) is 7.08. The first-order chi connectivity index (χ1) is 11.5. The monoisotopic (exact) mass is 360 g/mol. The van der Waals surface area contributed by atoms with Crippen molar-refractivity contribution in [1.29, 1.82) is 0 Å². The summed E-state index contributed by atoms with van der Waals surface area (Å²) >= 11 is 0. The Kier molecular flexibility index (Phi) is 5.80. The van der Waals surface area contributed by atoms with E-state index < -0.39 is 17.5 Å². The van der Waals surface area contributed by atoms with Crippen molar-refractivity contribution in [3.05, 3.63) is 23.9 Å². The summed E-state index contributed by atoms with van der Waals surface area (Å²) < 4.78 is 48.6. The van der Waals surface area contributed by atoms with Crippen molar-refractivity contribution < 1.29 is 27.4 Å². The fourth-order valence-corrected chi connectivity index (χ4v) is 2.47. The molecule has 0 aromatic carbocycles. The Morgan fingerprint density at radius 3 is 2.44 bits per heavy atom. The van der Waals surface area contributed by atoms with Crippen LogP contribution in [0.3, 0.4) is 0 Å². The summed E-state index contributed by atoms with van der Waals surface area (Å²) in [7, 11) is 0. The molecule has 2 heterocycles. The molecule has 0 spiro atoms. The number of piperidine rings is 1. The van der Waals surface area contributed by atoms with Gasteiger partial charge in [-0.25, -0.2) is 9.78 Å². The van der Waals surface area contributed by atoms with Crippen LogP contribution in [0.1, 0.15) is 39.3 Å². The SMILES string of the molecule is CC(C)(C)OC(=O)N1CCC(COc2cccc(C(F)(F)F)n2)CC1. The molecule has 0 atom stereocenters. The maximum Gasteiger partial charge on any atom is 0.433 e. The van der Waals surface area contributed by atoms with E-state index >= 15 is 0 Å². The lowest BCUT2D eigenvalue weighted by molar-refractivity contribution is -0.141. The molecule has 1 aliphatic rings. The third-order valence-electron chi connectivity index (χ3n) is 3.75.